The van der Waals surface area contributed by atoms with Gasteiger partial charge in [-0.25, -0.2) is 4.79 Å². The van der Waals surface area contributed by atoms with E-state index in [1.807, 2.05) is 17.0 Å². The number of amides is 2. The number of hydrogen-bond acceptors (Lipinski definition) is 2. The second-order valence-corrected chi connectivity index (χ2v) is 7.28. The van der Waals surface area contributed by atoms with E-state index in [1.54, 1.807) is 7.11 Å². The molecule has 5 nitrogen and oxygen atoms in total. The molecule has 0 radical (unpaired) electrons. The van der Waals surface area contributed by atoms with Crippen LogP contribution >= 0.6 is 0 Å². The highest BCUT2D eigenvalue weighted by atomic mass is 16.5. The van der Waals surface area contributed by atoms with Crippen LogP contribution in [0.5, 0.6) is 5.75 Å². The molecule has 1 aliphatic heterocycles. The van der Waals surface area contributed by atoms with Crippen LogP contribution in [0, 0.1) is 0 Å². The number of nitrogens with one attached hydrogen (secondary N) is 1. The van der Waals surface area contributed by atoms with Crippen LogP contribution in [0.3, 0.4) is 0 Å². The topological polar surface area (TPSA) is 46.5 Å². The lowest BCUT2D eigenvalue weighted by Gasteiger charge is -2.38. The Balaban J connectivity index is 1.60. The fourth-order valence-corrected chi connectivity index (χ4v) is 4.24. The molecule has 1 aliphatic carbocycles. The van der Waals surface area contributed by atoms with Gasteiger partial charge in [-0.1, -0.05) is 31.4 Å². The maximum absolute atomic E-state index is 13.1. The predicted octanol–water partition coefficient (Wildman–Crippen LogP) is 3.94. The molecule has 0 bridgehead atoms. The summed E-state index contributed by atoms with van der Waals surface area (Å²) in [6, 6.07) is 12.6. The first kappa shape index (κ1) is 17.0. The lowest BCUT2D eigenvalue weighted by Crippen LogP contribution is -2.50. The van der Waals surface area contributed by atoms with E-state index in [1.165, 1.54) is 25.0 Å². The number of urea groups is 1. The van der Waals surface area contributed by atoms with Gasteiger partial charge in [0.15, 0.2) is 0 Å². The summed E-state index contributed by atoms with van der Waals surface area (Å²) in [6.45, 7) is 1.56. The zero-order chi connectivity index (χ0) is 17.9. The summed E-state index contributed by atoms with van der Waals surface area (Å²) in [5.41, 5.74) is 2.28. The van der Waals surface area contributed by atoms with Crippen molar-refractivity contribution in [2.45, 2.75) is 50.7 Å². The number of benzene rings is 1. The van der Waals surface area contributed by atoms with Gasteiger partial charge in [0.2, 0.25) is 0 Å². The lowest BCUT2D eigenvalue weighted by molar-refractivity contribution is 0.162. The molecule has 2 aliphatic rings. The number of hydrogen-bond donors (Lipinski definition) is 1. The second kappa shape index (κ2) is 7.44. The lowest BCUT2D eigenvalue weighted by atomic mass is 9.95. The monoisotopic (exact) mass is 353 g/mol. The Kier molecular flexibility index (Phi) is 4.87. The van der Waals surface area contributed by atoms with Crippen molar-refractivity contribution in [3.05, 3.63) is 53.9 Å². The molecule has 26 heavy (non-hydrogen) atoms. The van der Waals surface area contributed by atoms with E-state index >= 15 is 0 Å². The maximum Gasteiger partial charge on any atom is 0.318 e. The van der Waals surface area contributed by atoms with Crippen molar-refractivity contribution in [2.75, 3.05) is 13.7 Å². The van der Waals surface area contributed by atoms with E-state index in [-0.39, 0.29) is 12.1 Å². The highest BCUT2D eigenvalue weighted by molar-refractivity contribution is 5.76. The third kappa shape index (κ3) is 3.30. The van der Waals surface area contributed by atoms with Gasteiger partial charge in [-0.05, 0) is 42.7 Å². The standard InChI is InChI=1S/C21H27N3O2/c1-26-18-11-9-16(10-12-18)20-19-8-5-13-23(19)14-15-24(20)21(25)22-17-6-3-2-4-7-17/h5,8-13,17,20H,2-4,6-7,14-15H2,1H3,(H,22,25)/t20-/m1/s1. The third-order valence-electron chi connectivity index (χ3n) is 5.66. The molecule has 0 unspecified atom stereocenters. The van der Waals surface area contributed by atoms with Crippen molar-refractivity contribution in [1.82, 2.24) is 14.8 Å². The molecule has 5 heteroatoms. The fourth-order valence-electron chi connectivity index (χ4n) is 4.24. The van der Waals surface area contributed by atoms with E-state index in [4.69, 9.17) is 4.74 Å². The smallest absolute Gasteiger partial charge is 0.318 e. The summed E-state index contributed by atoms with van der Waals surface area (Å²) in [6.07, 6.45) is 8.03. The minimum atomic E-state index is -0.0618. The Hall–Kier alpha value is -2.43. The Labute approximate surface area is 154 Å². The first-order valence-corrected chi connectivity index (χ1v) is 9.62. The summed E-state index contributed by atoms with van der Waals surface area (Å²) >= 11 is 0. The normalized spacial score (nSPS) is 20.5. The van der Waals surface area contributed by atoms with Crippen molar-refractivity contribution in [3.8, 4) is 5.75 Å². The molecule has 2 aromatic rings. The Bertz CT molecular complexity index is 747. The molecule has 0 saturated heterocycles. The Morgan fingerprint density at radius 3 is 2.58 bits per heavy atom. The number of methoxy groups -OCH3 is 1. The van der Waals surface area contributed by atoms with Gasteiger partial charge in [-0.2, -0.15) is 0 Å². The van der Waals surface area contributed by atoms with Crippen LogP contribution in [-0.2, 0) is 6.54 Å². The number of aromatic nitrogens is 1. The van der Waals surface area contributed by atoms with Gasteiger partial charge < -0.3 is 19.5 Å². The quantitative estimate of drug-likeness (QED) is 0.908. The van der Waals surface area contributed by atoms with E-state index in [0.29, 0.717) is 6.04 Å². The second-order valence-electron chi connectivity index (χ2n) is 7.28. The van der Waals surface area contributed by atoms with Crippen LogP contribution < -0.4 is 10.1 Å². The van der Waals surface area contributed by atoms with Gasteiger partial charge in [0.05, 0.1) is 13.2 Å². The number of carbonyl (C=O) groups is 1. The van der Waals surface area contributed by atoms with Crippen molar-refractivity contribution in [3.63, 3.8) is 0 Å². The molecule has 1 N–H and O–H groups in total. The molecular weight excluding hydrogens is 326 g/mol. The molecule has 4 rings (SSSR count). The van der Waals surface area contributed by atoms with Crippen molar-refractivity contribution < 1.29 is 9.53 Å². The van der Waals surface area contributed by atoms with Crippen LogP contribution in [0.15, 0.2) is 42.6 Å². The summed E-state index contributed by atoms with van der Waals surface area (Å²) in [4.78, 5) is 15.1. The predicted molar refractivity (Wildman–Crippen MR) is 101 cm³/mol. The molecular formula is C21H27N3O2. The van der Waals surface area contributed by atoms with E-state index in [9.17, 15) is 4.79 Å². The number of fused-ring (bicyclic) bond motifs is 1. The zero-order valence-electron chi connectivity index (χ0n) is 15.4. The average Bonchev–Trinajstić information content (AvgIpc) is 3.17. The minimum absolute atomic E-state index is 0.0603. The largest absolute Gasteiger partial charge is 0.497 e. The molecule has 1 fully saturated rings. The number of carbonyl (C=O) groups excluding carboxylic acids is 1. The summed E-state index contributed by atoms with van der Waals surface area (Å²) < 4.78 is 7.54. The first-order valence-electron chi connectivity index (χ1n) is 9.62. The maximum atomic E-state index is 13.1. The number of rotatable bonds is 3. The Morgan fingerprint density at radius 1 is 1.08 bits per heavy atom. The van der Waals surface area contributed by atoms with Gasteiger partial charge in [0.25, 0.3) is 0 Å². The molecule has 1 saturated carbocycles. The van der Waals surface area contributed by atoms with Crippen LogP contribution in [0.1, 0.15) is 49.4 Å². The van der Waals surface area contributed by atoms with Crippen LogP contribution in [0.4, 0.5) is 4.79 Å². The van der Waals surface area contributed by atoms with Gasteiger partial charge in [0.1, 0.15) is 5.75 Å². The van der Waals surface area contributed by atoms with Crippen molar-refractivity contribution in [2.24, 2.45) is 0 Å². The van der Waals surface area contributed by atoms with Crippen molar-refractivity contribution >= 4 is 6.03 Å². The first-order chi connectivity index (χ1) is 12.8. The van der Waals surface area contributed by atoms with Gasteiger partial charge >= 0.3 is 6.03 Å². The molecule has 2 heterocycles. The van der Waals surface area contributed by atoms with E-state index in [0.717, 1.165) is 37.2 Å². The van der Waals surface area contributed by atoms with Crippen molar-refractivity contribution in [1.29, 1.82) is 0 Å². The highest BCUT2D eigenvalue weighted by Crippen LogP contribution is 2.33. The molecule has 1 atom stereocenters. The van der Waals surface area contributed by atoms with Crippen LogP contribution in [0.25, 0.3) is 0 Å². The Morgan fingerprint density at radius 2 is 1.85 bits per heavy atom. The summed E-state index contributed by atoms with van der Waals surface area (Å²) in [5, 5.41) is 3.29. The SMILES string of the molecule is COc1ccc([C@@H]2c3cccn3CCN2C(=O)NC2CCCCC2)cc1. The molecule has 138 valence electrons. The molecule has 1 aromatic carbocycles. The zero-order valence-corrected chi connectivity index (χ0v) is 15.4. The minimum Gasteiger partial charge on any atom is -0.497 e. The fraction of sp³-hybridized carbons (Fsp3) is 0.476. The van der Waals surface area contributed by atoms with E-state index < -0.39 is 0 Å². The number of nitrogens with zero attached hydrogens (tertiary/aromatic N) is 2. The van der Waals surface area contributed by atoms with E-state index in [2.05, 4.69) is 40.3 Å². The van der Waals surface area contributed by atoms with Gasteiger partial charge in [-0.3, -0.25) is 0 Å². The third-order valence-corrected chi connectivity index (χ3v) is 5.66. The molecule has 2 amide bonds. The average molecular weight is 353 g/mol. The summed E-state index contributed by atoms with van der Waals surface area (Å²) in [5.74, 6) is 0.832. The highest BCUT2D eigenvalue weighted by Gasteiger charge is 2.33. The van der Waals surface area contributed by atoms with Crippen LogP contribution in [0.2, 0.25) is 0 Å². The van der Waals surface area contributed by atoms with Gasteiger partial charge in [0, 0.05) is 31.0 Å². The summed E-state index contributed by atoms with van der Waals surface area (Å²) in [7, 11) is 1.67. The van der Waals surface area contributed by atoms with Gasteiger partial charge in [-0.15, -0.1) is 0 Å². The van der Waals surface area contributed by atoms with Crippen LogP contribution in [-0.4, -0.2) is 35.2 Å². The number of ether oxygens (including phenoxy) is 1. The molecule has 1 aromatic heterocycles. The molecule has 0 spiro atoms.